The highest BCUT2D eigenvalue weighted by Crippen LogP contribution is 2.50. The van der Waals surface area contributed by atoms with E-state index < -0.39 is 0 Å². The molecule has 8 aromatic rings. The van der Waals surface area contributed by atoms with Crippen LogP contribution < -0.4 is 0 Å². The molecule has 0 nitrogen and oxygen atoms in total. The average molecular weight is 581 g/mol. The van der Waals surface area contributed by atoms with Gasteiger partial charge in [-0.15, -0.1) is 0 Å². The van der Waals surface area contributed by atoms with E-state index in [2.05, 4.69) is 158 Å². The minimum Gasteiger partial charge on any atom is -0.0760 e. The van der Waals surface area contributed by atoms with Gasteiger partial charge in [0.15, 0.2) is 0 Å². The largest absolute Gasteiger partial charge is 0.0760 e. The van der Waals surface area contributed by atoms with E-state index in [1.807, 2.05) is 0 Å². The summed E-state index contributed by atoms with van der Waals surface area (Å²) < 4.78 is 0. The van der Waals surface area contributed by atoms with E-state index in [0.717, 1.165) is 0 Å². The smallest absolute Gasteiger partial charge is 0.0199 e. The zero-order valence-corrected chi connectivity index (χ0v) is 25.2. The van der Waals surface area contributed by atoms with Crippen LogP contribution in [0.25, 0.3) is 82.7 Å². The Balaban J connectivity index is 1.10. The molecule has 0 spiro atoms. The van der Waals surface area contributed by atoms with Crippen LogP contribution in [-0.2, 0) is 0 Å². The predicted molar refractivity (Wildman–Crippen MR) is 197 cm³/mol. The fraction of sp³-hybridized carbons (Fsp3) is 0.0435. The fourth-order valence-corrected chi connectivity index (χ4v) is 8.84. The Kier molecular flexibility index (Phi) is 4.77. The van der Waals surface area contributed by atoms with Crippen molar-refractivity contribution in [3.63, 3.8) is 0 Å². The van der Waals surface area contributed by atoms with Crippen LogP contribution in [0.5, 0.6) is 0 Å². The second kappa shape index (κ2) is 8.93. The molecule has 0 aliphatic heterocycles. The van der Waals surface area contributed by atoms with Crippen molar-refractivity contribution in [3.05, 3.63) is 173 Å². The first-order valence-electron chi connectivity index (χ1n) is 16.3. The number of hydrogen-bond acceptors (Lipinski definition) is 0. The van der Waals surface area contributed by atoms with Crippen LogP contribution in [0.3, 0.4) is 0 Å². The summed E-state index contributed by atoms with van der Waals surface area (Å²) in [4.78, 5) is 0. The second-order valence-electron chi connectivity index (χ2n) is 13.2. The maximum absolute atomic E-state index is 2.51. The van der Waals surface area contributed by atoms with Crippen molar-refractivity contribution in [2.45, 2.75) is 5.92 Å². The molecule has 0 saturated carbocycles. The van der Waals surface area contributed by atoms with Crippen LogP contribution >= 0.6 is 0 Å². The molecule has 0 radical (unpaired) electrons. The number of hydrogen-bond donors (Lipinski definition) is 0. The average Bonchev–Trinajstić information content (AvgIpc) is 3.12. The highest BCUT2D eigenvalue weighted by Gasteiger charge is 2.34. The Bertz CT molecular complexity index is 2730. The van der Waals surface area contributed by atoms with Gasteiger partial charge in [0.2, 0.25) is 0 Å². The molecule has 8 aromatic carbocycles. The molecular weight excluding hydrogens is 553 g/mol. The zero-order valence-electron chi connectivity index (χ0n) is 25.2. The SMILES string of the molecule is C1=Cc2cccc3c2C2C1=CC(c1cc4ccc(-c5ccc6ccc7cccc8ccc5c6c78)cc4c4ccccc14)=CC2C=C3. The monoisotopic (exact) mass is 580 g/mol. The Labute approximate surface area is 267 Å². The number of fused-ring (bicyclic) bond motifs is 3. The van der Waals surface area contributed by atoms with Crippen LogP contribution in [0, 0.1) is 5.92 Å². The first kappa shape index (κ1) is 24.6. The molecule has 0 fully saturated rings. The molecule has 0 heterocycles. The summed E-state index contributed by atoms with van der Waals surface area (Å²) in [7, 11) is 0. The molecular formula is C46H28. The van der Waals surface area contributed by atoms with E-state index in [1.165, 1.54) is 98.4 Å². The highest BCUT2D eigenvalue weighted by molar-refractivity contribution is 6.25. The van der Waals surface area contributed by atoms with Gasteiger partial charge in [0.1, 0.15) is 0 Å². The van der Waals surface area contributed by atoms with Gasteiger partial charge in [-0.3, -0.25) is 0 Å². The van der Waals surface area contributed by atoms with Crippen LogP contribution in [0.4, 0.5) is 0 Å². The molecule has 0 bridgehead atoms. The Morgan fingerprint density at radius 1 is 0.457 bits per heavy atom. The summed E-state index contributed by atoms with van der Waals surface area (Å²) in [5, 5.41) is 13.2. The molecule has 0 saturated heterocycles. The van der Waals surface area contributed by atoms with Crippen molar-refractivity contribution in [1.82, 2.24) is 0 Å². The normalized spacial score (nSPS) is 18.1. The third-order valence-electron chi connectivity index (χ3n) is 10.9. The van der Waals surface area contributed by atoms with Gasteiger partial charge in [0, 0.05) is 11.8 Å². The topological polar surface area (TPSA) is 0 Å². The lowest BCUT2D eigenvalue weighted by Gasteiger charge is -2.36. The maximum Gasteiger partial charge on any atom is 0.0199 e. The summed E-state index contributed by atoms with van der Waals surface area (Å²) in [6, 6.07) is 45.6. The number of rotatable bonds is 2. The van der Waals surface area contributed by atoms with E-state index >= 15 is 0 Å². The van der Waals surface area contributed by atoms with E-state index in [4.69, 9.17) is 0 Å². The summed E-state index contributed by atoms with van der Waals surface area (Å²) in [6.45, 7) is 0. The highest BCUT2D eigenvalue weighted by atomic mass is 14.4. The van der Waals surface area contributed by atoms with Crippen molar-refractivity contribution in [3.8, 4) is 11.1 Å². The number of allylic oxidation sites excluding steroid dienone is 6. The molecule has 0 aromatic heterocycles. The summed E-state index contributed by atoms with van der Waals surface area (Å²) in [5.41, 5.74) is 10.8. The molecule has 0 heteroatoms. The molecule has 2 atom stereocenters. The predicted octanol–water partition coefficient (Wildman–Crippen LogP) is 12.3. The number of benzene rings is 8. The van der Waals surface area contributed by atoms with Gasteiger partial charge in [-0.2, -0.15) is 0 Å². The van der Waals surface area contributed by atoms with Crippen molar-refractivity contribution in [2.75, 3.05) is 0 Å². The minimum absolute atomic E-state index is 0.361. The molecule has 2 unspecified atom stereocenters. The molecule has 212 valence electrons. The Hall–Kier alpha value is -5.72. The molecule has 0 N–H and O–H groups in total. The standard InChI is InChI=1S/C46H28/c1-2-10-39-38(9-1)41-25-32(37-21-19-31-12-11-29-7-4-8-30-20-22-40(37)46(31)44(29)30)15-16-33(41)26-42(39)36-23-34-17-13-27-5-3-6-28-14-18-35(24-36)45(34)43(27)28/h1-26,34,45H. The van der Waals surface area contributed by atoms with Crippen LogP contribution in [0.1, 0.15) is 28.2 Å². The van der Waals surface area contributed by atoms with Crippen molar-refractivity contribution < 1.29 is 0 Å². The summed E-state index contributed by atoms with van der Waals surface area (Å²) in [5.74, 6) is 0.768. The lowest BCUT2D eigenvalue weighted by Crippen LogP contribution is -2.21. The molecule has 3 aliphatic carbocycles. The molecule has 0 amide bonds. The van der Waals surface area contributed by atoms with Crippen molar-refractivity contribution in [1.29, 1.82) is 0 Å². The third-order valence-corrected chi connectivity index (χ3v) is 10.9. The van der Waals surface area contributed by atoms with Gasteiger partial charge in [-0.25, -0.2) is 0 Å². The molecule has 46 heavy (non-hydrogen) atoms. The lowest BCUT2D eigenvalue weighted by atomic mass is 9.67. The van der Waals surface area contributed by atoms with Gasteiger partial charge in [-0.1, -0.05) is 146 Å². The Morgan fingerprint density at radius 2 is 1.20 bits per heavy atom. The maximum atomic E-state index is 2.51. The first-order valence-corrected chi connectivity index (χ1v) is 16.3. The minimum atomic E-state index is 0.361. The lowest BCUT2D eigenvalue weighted by molar-refractivity contribution is 0.667. The van der Waals surface area contributed by atoms with Crippen LogP contribution in [-0.4, -0.2) is 0 Å². The van der Waals surface area contributed by atoms with Crippen molar-refractivity contribution in [2.24, 2.45) is 5.92 Å². The van der Waals surface area contributed by atoms with E-state index in [-0.39, 0.29) is 0 Å². The van der Waals surface area contributed by atoms with E-state index in [1.54, 1.807) is 0 Å². The Morgan fingerprint density at radius 3 is 2.09 bits per heavy atom. The molecule has 3 aliphatic rings. The summed E-state index contributed by atoms with van der Waals surface area (Å²) in [6.07, 6.45) is 14.4. The zero-order chi connectivity index (χ0) is 29.9. The third kappa shape index (κ3) is 3.28. The fourth-order valence-electron chi connectivity index (χ4n) is 8.84. The summed E-state index contributed by atoms with van der Waals surface area (Å²) >= 11 is 0. The van der Waals surface area contributed by atoms with Crippen molar-refractivity contribution >= 4 is 71.6 Å². The van der Waals surface area contributed by atoms with Gasteiger partial charge >= 0.3 is 0 Å². The second-order valence-corrected chi connectivity index (χ2v) is 13.2. The van der Waals surface area contributed by atoms with E-state index in [0.29, 0.717) is 11.8 Å². The van der Waals surface area contributed by atoms with Crippen LogP contribution in [0.15, 0.2) is 151 Å². The van der Waals surface area contributed by atoms with Gasteiger partial charge in [-0.05, 0) is 111 Å². The quantitative estimate of drug-likeness (QED) is 0.178. The first-order chi connectivity index (χ1) is 22.8. The van der Waals surface area contributed by atoms with Crippen LogP contribution in [0.2, 0.25) is 0 Å². The van der Waals surface area contributed by atoms with Gasteiger partial charge in [0.25, 0.3) is 0 Å². The van der Waals surface area contributed by atoms with Gasteiger partial charge in [0.05, 0.1) is 0 Å². The van der Waals surface area contributed by atoms with Gasteiger partial charge < -0.3 is 0 Å². The van der Waals surface area contributed by atoms with E-state index in [9.17, 15) is 0 Å². The molecule has 11 rings (SSSR count).